The lowest BCUT2D eigenvalue weighted by Gasteiger charge is -2.22. The van der Waals surface area contributed by atoms with E-state index in [-0.39, 0.29) is 25.1 Å². The zero-order valence-electron chi connectivity index (χ0n) is 14.1. The number of para-hydroxylation sites is 1. The normalized spacial score (nSPS) is 21.6. The highest BCUT2D eigenvalue weighted by Gasteiger charge is 2.54. The molecule has 4 rings (SSSR count). The summed E-state index contributed by atoms with van der Waals surface area (Å²) in [6.07, 6.45) is 1.42. The molecular formula is C20H20N2O3. The Bertz CT molecular complexity index is 848. The van der Waals surface area contributed by atoms with Gasteiger partial charge >= 0.3 is 6.03 Å². The summed E-state index contributed by atoms with van der Waals surface area (Å²) in [5.41, 5.74) is 2.20. The maximum absolute atomic E-state index is 13.0. The molecule has 3 amide bonds. The standard InChI is InChI=1S/C20H20N2O3/c1-14-6-2-5-9-17(14)25-13-12-22-18(23)20(21-19(22)24)11-10-15-7-3-4-8-16(15)20/h2-9H,10-13H2,1H3,(H,21,24)/t20-/m1/s1. The van der Waals surface area contributed by atoms with Crippen LogP contribution in [0, 0.1) is 6.92 Å². The Morgan fingerprint density at radius 3 is 2.72 bits per heavy atom. The number of nitrogens with one attached hydrogen (secondary N) is 1. The Labute approximate surface area is 146 Å². The van der Waals surface area contributed by atoms with Crippen molar-refractivity contribution in [3.8, 4) is 5.75 Å². The monoisotopic (exact) mass is 336 g/mol. The van der Waals surface area contributed by atoms with Crippen LogP contribution in [0.25, 0.3) is 0 Å². The fourth-order valence-electron chi connectivity index (χ4n) is 3.76. The molecule has 1 spiro atoms. The van der Waals surface area contributed by atoms with E-state index in [9.17, 15) is 9.59 Å². The van der Waals surface area contributed by atoms with Crippen LogP contribution in [0.15, 0.2) is 48.5 Å². The van der Waals surface area contributed by atoms with Crippen molar-refractivity contribution in [2.75, 3.05) is 13.2 Å². The fraction of sp³-hybridized carbons (Fsp3) is 0.300. The summed E-state index contributed by atoms with van der Waals surface area (Å²) in [5, 5.41) is 2.93. The van der Waals surface area contributed by atoms with Crippen LogP contribution < -0.4 is 10.1 Å². The molecule has 1 saturated heterocycles. The lowest BCUT2D eigenvalue weighted by molar-refractivity contribution is -0.131. The van der Waals surface area contributed by atoms with Crippen molar-refractivity contribution in [2.24, 2.45) is 0 Å². The lowest BCUT2D eigenvalue weighted by Crippen LogP contribution is -2.42. The second-order valence-electron chi connectivity index (χ2n) is 6.56. The first-order valence-electron chi connectivity index (χ1n) is 8.53. The van der Waals surface area contributed by atoms with Gasteiger partial charge in [0.2, 0.25) is 0 Å². The van der Waals surface area contributed by atoms with Crippen LogP contribution >= 0.6 is 0 Å². The van der Waals surface area contributed by atoms with Gasteiger partial charge in [-0.3, -0.25) is 9.69 Å². The van der Waals surface area contributed by atoms with Gasteiger partial charge in [0, 0.05) is 0 Å². The second-order valence-corrected chi connectivity index (χ2v) is 6.56. The van der Waals surface area contributed by atoms with Gasteiger partial charge in [0.05, 0.1) is 6.54 Å². The van der Waals surface area contributed by atoms with Gasteiger partial charge in [-0.15, -0.1) is 0 Å². The molecule has 0 saturated carbocycles. The van der Waals surface area contributed by atoms with Gasteiger partial charge in [-0.2, -0.15) is 0 Å². The van der Waals surface area contributed by atoms with E-state index in [2.05, 4.69) is 5.32 Å². The minimum atomic E-state index is -0.893. The molecule has 1 aliphatic carbocycles. The van der Waals surface area contributed by atoms with Crippen molar-refractivity contribution in [1.82, 2.24) is 10.2 Å². The number of amides is 3. The third kappa shape index (κ3) is 2.47. The lowest BCUT2D eigenvalue weighted by atomic mass is 9.92. The maximum atomic E-state index is 13.0. The van der Waals surface area contributed by atoms with Gasteiger partial charge in [0.1, 0.15) is 17.9 Å². The van der Waals surface area contributed by atoms with Crippen molar-refractivity contribution in [2.45, 2.75) is 25.3 Å². The van der Waals surface area contributed by atoms with E-state index < -0.39 is 5.54 Å². The molecule has 0 bridgehead atoms. The third-order valence-electron chi connectivity index (χ3n) is 5.09. The van der Waals surface area contributed by atoms with Crippen LogP contribution in [0.2, 0.25) is 0 Å². The Hall–Kier alpha value is -2.82. The Morgan fingerprint density at radius 2 is 1.88 bits per heavy atom. The molecule has 0 aromatic heterocycles. The van der Waals surface area contributed by atoms with Crippen LogP contribution in [-0.2, 0) is 16.8 Å². The molecule has 128 valence electrons. The number of urea groups is 1. The minimum absolute atomic E-state index is 0.171. The quantitative estimate of drug-likeness (QED) is 0.874. The Balaban J connectivity index is 1.49. The van der Waals surface area contributed by atoms with Gasteiger partial charge in [-0.1, -0.05) is 42.5 Å². The summed E-state index contributed by atoms with van der Waals surface area (Å²) >= 11 is 0. The SMILES string of the molecule is Cc1ccccc1OCCN1C(=O)N[C@@]2(CCc3ccccc32)C1=O. The first-order valence-corrected chi connectivity index (χ1v) is 8.53. The number of imide groups is 1. The van der Waals surface area contributed by atoms with Gasteiger partial charge < -0.3 is 10.1 Å². The highest BCUT2D eigenvalue weighted by molar-refractivity contribution is 6.08. The van der Waals surface area contributed by atoms with Crippen LogP contribution in [-0.4, -0.2) is 30.0 Å². The molecule has 1 aliphatic heterocycles. The smallest absolute Gasteiger partial charge is 0.325 e. The van der Waals surface area contributed by atoms with Crippen LogP contribution in [0.4, 0.5) is 4.79 Å². The second kappa shape index (κ2) is 5.92. The predicted molar refractivity (Wildman–Crippen MR) is 93.4 cm³/mol. The van der Waals surface area contributed by atoms with Crippen LogP contribution in [0.1, 0.15) is 23.1 Å². The molecule has 1 heterocycles. The number of carbonyl (C=O) groups excluding carboxylic acids is 2. The van der Waals surface area contributed by atoms with Gasteiger partial charge in [-0.05, 0) is 42.5 Å². The largest absolute Gasteiger partial charge is 0.491 e. The molecule has 25 heavy (non-hydrogen) atoms. The van der Waals surface area contributed by atoms with E-state index in [0.29, 0.717) is 6.42 Å². The summed E-state index contributed by atoms with van der Waals surface area (Å²) < 4.78 is 5.74. The van der Waals surface area contributed by atoms with E-state index in [1.54, 1.807) is 0 Å². The topological polar surface area (TPSA) is 58.6 Å². The molecule has 1 fully saturated rings. The number of carbonyl (C=O) groups is 2. The third-order valence-corrected chi connectivity index (χ3v) is 5.09. The highest BCUT2D eigenvalue weighted by Crippen LogP contribution is 2.41. The summed E-state index contributed by atoms with van der Waals surface area (Å²) in [6.45, 7) is 2.48. The van der Waals surface area contributed by atoms with E-state index in [1.165, 1.54) is 4.90 Å². The first-order chi connectivity index (χ1) is 12.1. The summed E-state index contributed by atoms with van der Waals surface area (Å²) in [5.74, 6) is 0.603. The number of hydrogen-bond acceptors (Lipinski definition) is 3. The molecule has 2 aliphatic rings. The fourth-order valence-corrected chi connectivity index (χ4v) is 3.76. The number of rotatable bonds is 4. The summed E-state index contributed by atoms with van der Waals surface area (Å²) in [4.78, 5) is 26.7. The molecule has 2 aromatic rings. The molecule has 0 unspecified atom stereocenters. The Kier molecular flexibility index (Phi) is 3.71. The van der Waals surface area contributed by atoms with Crippen molar-refractivity contribution in [1.29, 1.82) is 0 Å². The number of hydrogen-bond donors (Lipinski definition) is 1. The van der Waals surface area contributed by atoms with Crippen molar-refractivity contribution >= 4 is 11.9 Å². The van der Waals surface area contributed by atoms with Crippen LogP contribution in [0.5, 0.6) is 5.75 Å². The molecule has 1 N–H and O–H groups in total. The van der Waals surface area contributed by atoms with E-state index in [0.717, 1.165) is 28.9 Å². The molecule has 0 radical (unpaired) electrons. The van der Waals surface area contributed by atoms with Crippen molar-refractivity contribution in [3.05, 3.63) is 65.2 Å². The molecular weight excluding hydrogens is 316 g/mol. The van der Waals surface area contributed by atoms with Gasteiger partial charge in [0.15, 0.2) is 0 Å². The molecule has 1 atom stereocenters. The molecule has 5 nitrogen and oxygen atoms in total. The zero-order valence-corrected chi connectivity index (χ0v) is 14.1. The first kappa shape index (κ1) is 15.7. The van der Waals surface area contributed by atoms with Crippen LogP contribution in [0.3, 0.4) is 0 Å². The number of aryl methyl sites for hydroxylation is 2. The average molecular weight is 336 g/mol. The van der Waals surface area contributed by atoms with Crippen molar-refractivity contribution in [3.63, 3.8) is 0 Å². The number of fused-ring (bicyclic) bond motifs is 2. The summed E-state index contributed by atoms with van der Waals surface area (Å²) in [6, 6.07) is 15.2. The maximum Gasteiger partial charge on any atom is 0.325 e. The van der Waals surface area contributed by atoms with E-state index in [4.69, 9.17) is 4.74 Å². The van der Waals surface area contributed by atoms with Gasteiger partial charge in [-0.25, -0.2) is 4.79 Å². The Morgan fingerprint density at radius 1 is 1.12 bits per heavy atom. The number of benzene rings is 2. The molecule has 2 aromatic carbocycles. The number of nitrogens with zero attached hydrogens (tertiary/aromatic N) is 1. The number of ether oxygens (including phenoxy) is 1. The van der Waals surface area contributed by atoms with Crippen molar-refractivity contribution < 1.29 is 14.3 Å². The highest BCUT2D eigenvalue weighted by atomic mass is 16.5. The zero-order chi connectivity index (χ0) is 17.4. The predicted octanol–water partition coefficient (Wildman–Crippen LogP) is 2.77. The minimum Gasteiger partial charge on any atom is -0.491 e. The summed E-state index contributed by atoms with van der Waals surface area (Å²) in [7, 11) is 0. The van der Waals surface area contributed by atoms with E-state index in [1.807, 2.05) is 55.5 Å². The van der Waals surface area contributed by atoms with Gasteiger partial charge in [0.25, 0.3) is 5.91 Å². The average Bonchev–Trinajstić information content (AvgIpc) is 3.10. The van der Waals surface area contributed by atoms with E-state index >= 15 is 0 Å². The molecule has 5 heteroatoms.